The zero-order valence-corrected chi connectivity index (χ0v) is 14.7. The molecule has 24 heavy (non-hydrogen) atoms. The van der Waals surface area contributed by atoms with Crippen molar-refractivity contribution < 1.29 is 4.39 Å². The molecule has 2 aromatic rings. The third-order valence-corrected chi connectivity index (χ3v) is 4.62. The van der Waals surface area contributed by atoms with Gasteiger partial charge >= 0.3 is 0 Å². The van der Waals surface area contributed by atoms with E-state index in [1.165, 1.54) is 11.6 Å². The lowest BCUT2D eigenvalue weighted by molar-refractivity contribution is 0.177. The van der Waals surface area contributed by atoms with Crippen LogP contribution in [0, 0.1) is 12.7 Å². The van der Waals surface area contributed by atoms with Gasteiger partial charge in [-0.1, -0.05) is 29.8 Å². The van der Waals surface area contributed by atoms with Crippen LogP contribution in [0.2, 0.25) is 0 Å². The van der Waals surface area contributed by atoms with Crippen LogP contribution in [0.25, 0.3) is 0 Å². The van der Waals surface area contributed by atoms with Gasteiger partial charge in [-0.3, -0.25) is 4.90 Å². The molecular formula is C19H22FN3S. The molecule has 0 saturated carbocycles. The first kappa shape index (κ1) is 16.9. The predicted octanol–water partition coefficient (Wildman–Crippen LogP) is 3.65. The molecule has 3 nitrogen and oxygen atoms in total. The van der Waals surface area contributed by atoms with Crippen molar-refractivity contribution in [3.05, 3.63) is 65.5 Å². The van der Waals surface area contributed by atoms with Crippen LogP contribution in [0.1, 0.15) is 11.1 Å². The zero-order chi connectivity index (χ0) is 16.9. The fourth-order valence-corrected chi connectivity index (χ4v) is 3.14. The third kappa shape index (κ3) is 4.52. The molecule has 0 radical (unpaired) electrons. The molecule has 1 fully saturated rings. The van der Waals surface area contributed by atoms with E-state index in [0.29, 0.717) is 0 Å². The lowest BCUT2D eigenvalue weighted by Crippen LogP contribution is -2.49. The quantitative estimate of drug-likeness (QED) is 0.857. The van der Waals surface area contributed by atoms with Gasteiger partial charge < -0.3 is 10.2 Å². The Hall–Kier alpha value is -1.98. The van der Waals surface area contributed by atoms with Crippen LogP contribution < -0.4 is 5.32 Å². The highest BCUT2D eigenvalue weighted by Crippen LogP contribution is 2.13. The van der Waals surface area contributed by atoms with Crippen molar-refractivity contribution in [1.29, 1.82) is 0 Å². The number of benzene rings is 2. The number of anilines is 1. The fraction of sp³-hybridized carbons (Fsp3) is 0.316. The van der Waals surface area contributed by atoms with Crippen LogP contribution in [0.5, 0.6) is 0 Å². The minimum atomic E-state index is -0.172. The van der Waals surface area contributed by atoms with E-state index in [1.54, 1.807) is 12.1 Å². The molecule has 0 amide bonds. The average Bonchev–Trinajstić information content (AvgIpc) is 2.57. The molecule has 2 aromatic carbocycles. The maximum Gasteiger partial charge on any atom is 0.173 e. The monoisotopic (exact) mass is 343 g/mol. The topological polar surface area (TPSA) is 18.5 Å². The summed E-state index contributed by atoms with van der Waals surface area (Å²) in [5, 5.41) is 4.07. The van der Waals surface area contributed by atoms with Gasteiger partial charge in [-0.25, -0.2) is 4.39 Å². The van der Waals surface area contributed by atoms with E-state index in [-0.39, 0.29) is 5.82 Å². The molecule has 3 rings (SSSR count). The first-order valence-electron chi connectivity index (χ1n) is 8.19. The molecule has 1 saturated heterocycles. The molecule has 1 heterocycles. The van der Waals surface area contributed by atoms with Crippen molar-refractivity contribution in [2.75, 3.05) is 31.5 Å². The van der Waals surface area contributed by atoms with Crippen molar-refractivity contribution in [3.63, 3.8) is 0 Å². The van der Waals surface area contributed by atoms with E-state index in [0.717, 1.165) is 49.1 Å². The van der Waals surface area contributed by atoms with Crippen molar-refractivity contribution in [1.82, 2.24) is 9.80 Å². The molecule has 1 aliphatic rings. The summed E-state index contributed by atoms with van der Waals surface area (Å²) >= 11 is 5.52. The highest BCUT2D eigenvalue weighted by atomic mass is 32.1. The fourth-order valence-electron chi connectivity index (χ4n) is 2.84. The van der Waals surface area contributed by atoms with Gasteiger partial charge in [0, 0.05) is 38.4 Å². The summed E-state index contributed by atoms with van der Waals surface area (Å²) in [6.07, 6.45) is 0. The van der Waals surface area contributed by atoms with Gasteiger partial charge in [0.2, 0.25) is 0 Å². The van der Waals surface area contributed by atoms with Gasteiger partial charge in [-0.2, -0.15) is 0 Å². The Kier molecular flexibility index (Phi) is 5.43. The van der Waals surface area contributed by atoms with E-state index in [1.807, 2.05) is 18.2 Å². The van der Waals surface area contributed by atoms with Gasteiger partial charge in [0.1, 0.15) is 5.82 Å². The van der Waals surface area contributed by atoms with Crippen molar-refractivity contribution in [3.8, 4) is 0 Å². The molecule has 0 spiro atoms. The Labute approximate surface area is 148 Å². The molecule has 0 aromatic heterocycles. The van der Waals surface area contributed by atoms with E-state index in [9.17, 15) is 4.39 Å². The van der Waals surface area contributed by atoms with Crippen molar-refractivity contribution >= 4 is 23.0 Å². The third-order valence-electron chi connectivity index (χ3n) is 4.26. The maximum atomic E-state index is 13.3. The predicted molar refractivity (Wildman–Crippen MR) is 101 cm³/mol. The van der Waals surface area contributed by atoms with Gasteiger partial charge in [0.05, 0.1) is 0 Å². The SMILES string of the molecule is Cc1ccc(NC(=S)N2CCN(Cc3cccc(F)c3)CC2)cc1. The minimum Gasteiger partial charge on any atom is -0.346 e. The van der Waals surface area contributed by atoms with Crippen LogP contribution in [-0.2, 0) is 6.54 Å². The summed E-state index contributed by atoms with van der Waals surface area (Å²) in [5.74, 6) is -0.172. The number of thiocarbonyl (C=S) groups is 1. The molecule has 5 heteroatoms. The highest BCUT2D eigenvalue weighted by molar-refractivity contribution is 7.80. The van der Waals surface area contributed by atoms with Crippen LogP contribution in [0.15, 0.2) is 48.5 Å². The van der Waals surface area contributed by atoms with E-state index >= 15 is 0 Å². The Balaban J connectivity index is 1.49. The second kappa shape index (κ2) is 7.73. The molecule has 126 valence electrons. The van der Waals surface area contributed by atoms with E-state index < -0.39 is 0 Å². The van der Waals surface area contributed by atoms with Gasteiger partial charge in [-0.05, 0) is 49.0 Å². The molecule has 0 unspecified atom stereocenters. The summed E-state index contributed by atoms with van der Waals surface area (Å²) in [6, 6.07) is 15.1. The summed E-state index contributed by atoms with van der Waals surface area (Å²) < 4.78 is 13.3. The Morgan fingerprint density at radius 2 is 1.79 bits per heavy atom. The highest BCUT2D eigenvalue weighted by Gasteiger charge is 2.19. The number of halogens is 1. The first-order valence-corrected chi connectivity index (χ1v) is 8.60. The largest absolute Gasteiger partial charge is 0.346 e. The van der Waals surface area contributed by atoms with Crippen LogP contribution in [-0.4, -0.2) is 41.1 Å². The van der Waals surface area contributed by atoms with Crippen LogP contribution >= 0.6 is 12.2 Å². The second-order valence-corrected chi connectivity index (χ2v) is 6.58. The lowest BCUT2D eigenvalue weighted by atomic mass is 10.2. The van der Waals surface area contributed by atoms with E-state index in [4.69, 9.17) is 12.2 Å². The molecule has 1 aliphatic heterocycles. The molecule has 0 aliphatic carbocycles. The summed E-state index contributed by atoms with van der Waals surface area (Å²) in [5.41, 5.74) is 3.27. The average molecular weight is 343 g/mol. The first-order chi connectivity index (χ1) is 11.6. The standard InChI is InChI=1S/C19H22FN3S/c1-15-5-7-18(8-6-15)21-19(24)23-11-9-22(10-12-23)14-16-3-2-4-17(20)13-16/h2-8,13H,9-12,14H2,1H3,(H,21,24). The van der Waals surface area contributed by atoms with Gasteiger partial charge in [0.15, 0.2) is 5.11 Å². The van der Waals surface area contributed by atoms with E-state index in [2.05, 4.69) is 34.2 Å². The van der Waals surface area contributed by atoms with Crippen LogP contribution in [0.4, 0.5) is 10.1 Å². The molecular weight excluding hydrogens is 321 g/mol. The number of piperazine rings is 1. The summed E-state index contributed by atoms with van der Waals surface area (Å²) in [6.45, 7) is 6.46. The number of rotatable bonds is 3. The molecule has 0 atom stereocenters. The minimum absolute atomic E-state index is 0.172. The number of nitrogens with zero attached hydrogens (tertiary/aromatic N) is 2. The van der Waals surface area contributed by atoms with Crippen molar-refractivity contribution in [2.24, 2.45) is 0 Å². The number of nitrogens with one attached hydrogen (secondary N) is 1. The Morgan fingerprint density at radius 1 is 1.08 bits per heavy atom. The number of hydrogen-bond acceptors (Lipinski definition) is 2. The number of hydrogen-bond donors (Lipinski definition) is 1. The molecule has 1 N–H and O–H groups in total. The lowest BCUT2D eigenvalue weighted by Gasteiger charge is -2.36. The second-order valence-electron chi connectivity index (χ2n) is 6.19. The zero-order valence-electron chi connectivity index (χ0n) is 13.8. The van der Waals surface area contributed by atoms with Gasteiger partial charge in [0.25, 0.3) is 0 Å². The Morgan fingerprint density at radius 3 is 2.46 bits per heavy atom. The summed E-state index contributed by atoms with van der Waals surface area (Å²) in [7, 11) is 0. The summed E-state index contributed by atoms with van der Waals surface area (Å²) in [4.78, 5) is 4.52. The smallest absolute Gasteiger partial charge is 0.173 e. The normalized spacial score (nSPS) is 15.3. The maximum absolute atomic E-state index is 13.3. The van der Waals surface area contributed by atoms with Crippen molar-refractivity contribution in [2.45, 2.75) is 13.5 Å². The molecule has 0 bridgehead atoms. The number of aryl methyl sites for hydroxylation is 1. The van der Waals surface area contributed by atoms with Gasteiger partial charge in [-0.15, -0.1) is 0 Å². The van der Waals surface area contributed by atoms with Crippen LogP contribution in [0.3, 0.4) is 0 Å². The Bertz CT molecular complexity index is 694.